The van der Waals surface area contributed by atoms with Crippen LogP contribution in [0.5, 0.6) is 5.75 Å². The van der Waals surface area contributed by atoms with Gasteiger partial charge in [-0.2, -0.15) is 0 Å². The van der Waals surface area contributed by atoms with E-state index in [0.717, 1.165) is 0 Å². The normalized spacial score (nSPS) is 11.0. The average molecular weight is 395 g/mol. The molecular weight excluding hydrogens is 376 g/mol. The van der Waals surface area contributed by atoms with Crippen molar-refractivity contribution in [3.05, 3.63) is 65.7 Å². The van der Waals surface area contributed by atoms with Crippen molar-refractivity contribution in [1.29, 1.82) is 0 Å². The van der Waals surface area contributed by atoms with Crippen molar-refractivity contribution in [2.75, 3.05) is 18.5 Å². The maximum Gasteiger partial charge on any atom is 0.255 e. The van der Waals surface area contributed by atoms with Crippen LogP contribution in [0, 0.1) is 0 Å². The van der Waals surface area contributed by atoms with Crippen LogP contribution in [0.2, 0.25) is 5.02 Å². The Morgan fingerprint density at radius 1 is 1.27 bits per heavy atom. The Kier molecular flexibility index (Phi) is 6.79. The highest BCUT2D eigenvalue weighted by Gasteiger charge is 2.17. The second kappa shape index (κ2) is 8.84. The Bertz CT molecular complexity index is 913. The number of carbonyl (C=O) groups excluding carboxylic acids is 1. The van der Waals surface area contributed by atoms with Gasteiger partial charge in [-0.15, -0.1) is 6.58 Å². The second-order valence-corrected chi connectivity index (χ2v) is 7.40. The van der Waals surface area contributed by atoms with Crippen LogP contribution in [0.3, 0.4) is 0 Å². The molecule has 0 fully saturated rings. The molecule has 0 atom stereocenters. The van der Waals surface area contributed by atoms with Gasteiger partial charge in [0.1, 0.15) is 5.75 Å². The molecule has 2 aromatic carbocycles. The SMILES string of the molecule is C=CCNS(=O)(=O)c1ccc(OCC)c(NC(=O)c2cccc(Cl)c2)c1. The number of amides is 1. The topological polar surface area (TPSA) is 84.5 Å². The number of rotatable bonds is 8. The molecule has 0 aromatic heterocycles. The van der Waals surface area contributed by atoms with E-state index in [9.17, 15) is 13.2 Å². The molecule has 0 bridgehead atoms. The summed E-state index contributed by atoms with van der Waals surface area (Å²) >= 11 is 5.91. The first-order valence-corrected chi connectivity index (χ1v) is 9.68. The molecule has 0 radical (unpaired) electrons. The van der Waals surface area contributed by atoms with Crippen molar-refractivity contribution in [3.8, 4) is 5.75 Å². The third-order valence-electron chi connectivity index (χ3n) is 3.31. The summed E-state index contributed by atoms with van der Waals surface area (Å²) in [6, 6.07) is 10.7. The number of ether oxygens (including phenoxy) is 1. The first kappa shape index (κ1) is 20.0. The largest absolute Gasteiger partial charge is 0.492 e. The molecule has 8 heteroatoms. The molecular formula is C18H19ClN2O4S. The molecule has 0 aliphatic rings. The minimum Gasteiger partial charge on any atom is -0.492 e. The Balaban J connectivity index is 2.36. The lowest BCUT2D eigenvalue weighted by Gasteiger charge is -2.14. The summed E-state index contributed by atoms with van der Waals surface area (Å²) in [4.78, 5) is 12.5. The molecule has 0 aliphatic carbocycles. The van der Waals surface area contributed by atoms with Crippen LogP contribution in [-0.4, -0.2) is 27.5 Å². The predicted octanol–water partition coefficient (Wildman–Crippen LogP) is 3.46. The zero-order valence-corrected chi connectivity index (χ0v) is 15.7. The number of hydrogen-bond donors (Lipinski definition) is 2. The lowest BCUT2D eigenvalue weighted by molar-refractivity contribution is 0.102. The predicted molar refractivity (Wildman–Crippen MR) is 102 cm³/mol. The number of hydrogen-bond acceptors (Lipinski definition) is 4. The third kappa shape index (κ3) is 5.08. The summed E-state index contributed by atoms with van der Waals surface area (Å²) in [5, 5.41) is 3.10. The van der Waals surface area contributed by atoms with Gasteiger partial charge >= 0.3 is 0 Å². The van der Waals surface area contributed by atoms with Gasteiger partial charge < -0.3 is 10.1 Å². The molecule has 0 saturated heterocycles. The molecule has 0 unspecified atom stereocenters. The number of halogens is 1. The highest BCUT2D eigenvalue weighted by Crippen LogP contribution is 2.28. The van der Waals surface area contributed by atoms with Crippen LogP contribution in [0.15, 0.2) is 60.0 Å². The van der Waals surface area contributed by atoms with E-state index in [1.807, 2.05) is 0 Å². The molecule has 0 saturated carbocycles. The second-order valence-electron chi connectivity index (χ2n) is 5.20. The number of nitrogens with one attached hydrogen (secondary N) is 2. The van der Waals surface area contributed by atoms with E-state index in [1.165, 1.54) is 30.3 Å². The van der Waals surface area contributed by atoms with Crippen LogP contribution in [0.1, 0.15) is 17.3 Å². The number of sulfonamides is 1. The van der Waals surface area contributed by atoms with E-state index in [1.54, 1.807) is 25.1 Å². The smallest absolute Gasteiger partial charge is 0.255 e. The Morgan fingerprint density at radius 3 is 2.69 bits per heavy atom. The highest BCUT2D eigenvalue weighted by molar-refractivity contribution is 7.89. The first-order valence-electron chi connectivity index (χ1n) is 7.81. The fraction of sp³-hybridized carbons (Fsp3) is 0.167. The van der Waals surface area contributed by atoms with Crippen LogP contribution in [-0.2, 0) is 10.0 Å². The van der Waals surface area contributed by atoms with Gasteiger partial charge in [-0.1, -0.05) is 23.7 Å². The molecule has 6 nitrogen and oxygen atoms in total. The Labute approximate surface area is 157 Å². The van der Waals surface area contributed by atoms with E-state index in [0.29, 0.717) is 22.9 Å². The van der Waals surface area contributed by atoms with Crippen LogP contribution < -0.4 is 14.8 Å². The number of benzene rings is 2. The number of anilines is 1. The zero-order valence-electron chi connectivity index (χ0n) is 14.2. The van der Waals surface area contributed by atoms with Gasteiger partial charge in [0.05, 0.1) is 17.2 Å². The molecule has 2 aromatic rings. The summed E-state index contributed by atoms with van der Waals surface area (Å²) in [6.07, 6.45) is 1.44. The van der Waals surface area contributed by atoms with Gasteiger partial charge in [0.2, 0.25) is 10.0 Å². The van der Waals surface area contributed by atoms with Crippen molar-refractivity contribution in [2.24, 2.45) is 0 Å². The molecule has 0 spiro atoms. The van der Waals surface area contributed by atoms with Gasteiger partial charge in [-0.3, -0.25) is 4.79 Å². The number of carbonyl (C=O) groups is 1. The lowest BCUT2D eigenvalue weighted by atomic mass is 10.2. The molecule has 138 valence electrons. The average Bonchev–Trinajstić information content (AvgIpc) is 2.61. The van der Waals surface area contributed by atoms with Crippen LogP contribution >= 0.6 is 11.6 Å². The Hall–Kier alpha value is -2.35. The summed E-state index contributed by atoms with van der Waals surface area (Å²) in [5.41, 5.74) is 0.594. The standard InChI is InChI=1S/C18H19ClN2O4S/c1-3-10-20-26(23,24)15-8-9-17(25-4-2)16(12-15)21-18(22)13-6-5-7-14(19)11-13/h3,5-9,11-12,20H,1,4,10H2,2H3,(H,21,22). The van der Waals surface area contributed by atoms with E-state index >= 15 is 0 Å². The van der Waals surface area contributed by atoms with Gasteiger partial charge in [0.15, 0.2) is 0 Å². The van der Waals surface area contributed by atoms with Crippen LogP contribution in [0.25, 0.3) is 0 Å². The molecule has 0 heterocycles. The fourth-order valence-electron chi connectivity index (χ4n) is 2.13. The maximum absolute atomic E-state index is 12.5. The van der Waals surface area contributed by atoms with Crippen molar-refractivity contribution in [3.63, 3.8) is 0 Å². The molecule has 0 aliphatic heterocycles. The minimum atomic E-state index is -3.73. The molecule has 26 heavy (non-hydrogen) atoms. The third-order valence-corrected chi connectivity index (χ3v) is 4.97. The van der Waals surface area contributed by atoms with E-state index in [4.69, 9.17) is 16.3 Å². The molecule has 2 N–H and O–H groups in total. The zero-order chi connectivity index (χ0) is 19.2. The first-order chi connectivity index (χ1) is 12.4. The minimum absolute atomic E-state index is 0.00389. The van der Waals surface area contributed by atoms with E-state index < -0.39 is 15.9 Å². The van der Waals surface area contributed by atoms with E-state index in [-0.39, 0.29) is 17.1 Å². The monoisotopic (exact) mass is 394 g/mol. The highest BCUT2D eigenvalue weighted by atomic mass is 35.5. The van der Waals surface area contributed by atoms with Crippen molar-refractivity contribution < 1.29 is 17.9 Å². The van der Waals surface area contributed by atoms with E-state index in [2.05, 4.69) is 16.6 Å². The summed E-state index contributed by atoms with van der Waals surface area (Å²) in [7, 11) is -3.73. The molecule has 2 rings (SSSR count). The fourth-order valence-corrected chi connectivity index (χ4v) is 3.35. The van der Waals surface area contributed by atoms with Crippen molar-refractivity contribution in [2.45, 2.75) is 11.8 Å². The summed E-state index contributed by atoms with van der Waals surface area (Å²) in [6.45, 7) is 5.73. The van der Waals surface area contributed by atoms with Crippen LogP contribution in [0.4, 0.5) is 5.69 Å². The van der Waals surface area contributed by atoms with Crippen molar-refractivity contribution in [1.82, 2.24) is 4.72 Å². The summed E-state index contributed by atoms with van der Waals surface area (Å²) in [5.74, 6) is -0.0624. The quantitative estimate of drug-likeness (QED) is 0.671. The van der Waals surface area contributed by atoms with Crippen molar-refractivity contribution >= 4 is 33.2 Å². The van der Waals surface area contributed by atoms with Gasteiger partial charge in [0.25, 0.3) is 5.91 Å². The summed E-state index contributed by atoms with van der Waals surface area (Å²) < 4.78 is 32.4. The van der Waals surface area contributed by atoms with Gasteiger partial charge in [-0.25, -0.2) is 13.1 Å². The van der Waals surface area contributed by atoms with Gasteiger partial charge in [-0.05, 0) is 43.3 Å². The van der Waals surface area contributed by atoms with Gasteiger partial charge in [0, 0.05) is 17.1 Å². The maximum atomic E-state index is 12.5. The lowest BCUT2D eigenvalue weighted by Crippen LogP contribution is -2.24. The Morgan fingerprint density at radius 2 is 2.04 bits per heavy atom. The molecule has 1 amide bonds.